The molecule has 0 aliphatic heterocycles. The summed E-state index contributed by atoms with van der Waals surface area (Å²) in [5.74, 6) is -0.865. The number of carboxylic acid groups (broad SMARTS) is 1. The van der Waals surface area contributed by atoms with Gasteiger partial charge in [0.1, 0.15) is 0 Å². The first kappa shape index (κ1) is 11.4. The van der Waals surface area contributed by atoms with Gasteiger partial charge in [0.2, 0.25) is 0 Å². The molecule has 0 rings (SSSR count). The van der Waals surface area contributed by atoms with Crippen LogP contribution in [0.25, 0.3) is 0 Å². The van der Waals surface area contributed by atoms with E-state index in [0.29, 0.717) is 6.42 Å². The summed E-state index contributed by atoms with van der Waals surface area (Å²) in [4.78, 5) is 10.7. The molecule has 0 fully saturated rings. The molecule has 0 saturated heterocycles. The third-order valence-corrected chi connectivity index (χ3v) is 2.16. The van der Waals surface area contributed by atoms with E-state index in [0.717, 1.165) is 0 Å². The Bertz CT molecular complexity index is 171. The van der Waals surface area contributed by atoms with Gasteiger partial charge in [-0.15, -0.1) is 0 Å². The zero-order chi connectivity index (χ0) is 9.99. The van der Waals surface area contributed by atoms with Crippen LogP contribution in [0.15, 0.2) is 0 Å². The zero-order valence-corrected chi connectivity index (χ0v) is 8.22. The monoisotopic (exact) mass is 174 g/mol. The van der Waals surface area contributed by atoms with Crippen LogP contribution in [0.4, 0.5) is 0 Å². The number of carboxylic acids is 1. The lowest BCUT2D eigenvalue weighted by Gasteiger charge is -2.29. The fourth-order valence-electron chi connectivity index (χ4n) is 1.15. The van der Waals surface area contributed by atoms with Gasteiger partial charge in [0.15, 0.2) is 0 Å². The highest BCUT2D eigenvalue weighted by molar-refractivity contribution is 5.73. The maximum absolute atomic E-state index is 10.7. The number of hydrogen-bond acceptors (Lipinski definition) is 2. The molecule has 0 spiro atoms. The van der Waals surface area contributed by atoms with Crippen LogP contribution in [0, 0.1) is 5.41 Å². The highest BCUT2D eigenvalue weighted by Gasteiger charge is 2.34. The third-order valence-electron chi connectivity index (χ3n) is 2.16. The lowest BCUT2D eigenvalue weighted by Crippen LogP contribution is -2.35. The second-order valence-electron chi connectivity index (χ2n) is 4.22. The van der Waals surface area contributed by atoms with Crippen molar-refractivity contribution < 1.29 is 15.0 Å². The average molecular weight is 174 g/mol. The van der Waals surface area contributed by atoms with E-state index in [1.54, 1.807) is 20.8 Å². The van der Waals surface area contributed by atoms with Gasteiger partial charge < -0.3 is 10.2 Å². The van der Waals surface area contributed by atoms with Gasteiger partial charge in [0.25, 0.3) is 0 Å². The van der Waals surface area contributed by atoms with Crippen LogP contribution >= 0.6 is 0 Å². The number of rotatable bonds is 4. The van der Waals surface area contributed by atoms with Gasteiger partial charge in [-0.3, -0.25) is 4.79 Å². The number of aliphatic hydroxyl groups is 1. The molecule has 0 aromatic heterocycles. The minimum absolute atomic E-state index is 0.284. The molecule has 1 unspecified atom stereocenters. The quantitative estimate of drug-likeness (QED) is 0.681. The molecule has 0 aliphatic rings. The summed E-state index contributed by atoms with van der Waals surface area (Å²) in [6.07, 6.45) is 0.857. The van der Waals surface area contributed by atoms with Gasteiger partial charge in [0, 0.05) is 0 Å². The number of hydrogen-bond donors (Lipinski definition) is 2. The van der Waals surface area contributed by atoms with E-state index in [1.165, 1.54) is 0 Å². The first-order valence-corrected chi connectivity index (χ1v) is 4.17. The fraction of sp³-hybridized carbons (Fsp3) is 0.889. The maximum atomic E-state index is 10.7. The van der Waals surface area contributed by atoms with Crippen molar-refractivity contribution in [1.29, 1.82) is 0 Å². The fourth-order valence-corrected chi connectivity index (χ4v) is 1.15. The van der Waals surface area contributed by atoms with Crippen molar-refractivity contribution in [2.24, 2.45) is 5.41 Å². The van der Waals surface area contributed by atoms with E-state index in [1.807, 2.05) is 6.92 Å². The van der Waals surface area contributed by atoms with E-state index in [2.05, 4.69) is 0 Å². The molecule has 2 N–H and O–H groups in total. The smallest absolute Gasteiger partial charge is 0.309 e. The molecule has 72 valence electrons. The van der Waals surface area contributed by atoms with Crippen LogP contribution in [0.2, 0.25) is 0 Å². The van der Waals surface area contributed by atoms with Gasteiger partial charge in [-0.05, 0) is 33.6 Å². The number of aliphatic carboxylic acids is 1. The van der Waals surface area contributed by atoms with E-state index < -0.39 is 17.0 Å². The molecule has 0 heterocycles. The second-order valence-corrected chi connectivity index (χ2v) is 4.22. The molecular weight excluding hydrogens is 156 g/mol. The molecule has 0 aromatic rings. The summed E-state index contributed by atoms with van der Waals surface area (Å²) in [5, 5.41) is 18.4. The topological polar surface area (TPSA) is 57.5 Å². The molecule has 3 nitrogen and oxygen atoms in total. The first-order chi connectivity index (χ1) is 5.21. The summed E-state index contributed by atoms with van der Waals surface area (Å²) in [7, 11) is 0. The zero-order valence-electron chi connectivity index (χ0n) is 8.22. The van der Waals surface area contributed by atoms with Gasteiger partial charge in [0.05, 0.1) is 11.0 Å². The largest absolute Gasteiger partial charge is 0.481 e. The third kappa shape index (κ3) is 3.22. The van der Waals surface area contributed by atoms with Crippen molar-refractivity contribution in [2.45, 2.75) is 46.1 Å². The van der Waals surface area contributed by atoms with Crippen molar-refractivity contribution >= 4 is 5.97 Å². The average Bonchev–Trinajstić information content (AvgIpc) is 1.85. The molecule has 1 atom stereocenters. The Hall–Kier alpha value is -0.570. The lowest BCUT2D eigenvalue weighted by atomic mass is 9.80. The highest BCUT2D eigenvalue weighted by atomic mass is 16.4. The molecule has 0 aromatic carbocycles. The molecule has 0 bridgehead atoms. The normalized spacial score (nSPS) is 17.1. The Morgan fingerprint density at radius 2 is 1.75 bits per heavy atom. The van der Waals surface area contributed by atoms with E-state index in [-0.39, 0.29) is 6.42 Å². The predicted molar refractivity (Wildman–Crippen MR) is 46.9 cm³/mol. The standard InChI is InChI=1S/C9H18O3/c1-5-9(4,12)6-8(2,3)7(10)11/h12H,5-6H2,1-4H3,(H,10,11). The minimum Gasteiger partial charge on any atom is -0.481 e. The van der Waals surface area contributed by atoms with Gasteiger partial charge in [-0.25, -0.2) is 0 Å². The SMILES string of the molecule is CCC(C)(O)CC(C)(C)C(=O)O. The van der Waals surface area contributed by atoms with Gasteiger partial charge in [-0.1, -0.05) is 6.92 Å². The Morgan fingerprint density at radius 1 is 1.33 bits per heavy atom. The summed E-state index contributed by atoms with van der Waals surface area (Å²) >= 11 is 0. The highest BCUT2D eigenvalue weighted by Crippen LogP contribution is 2.29. The van der Waals surface area contributed by atoms with Crippen molar-refractivity contribution in [3.05, 3.63) is 0 Å². The van der Waals surface area contributed by atoms with Crippen molar-refractivity contribution in [1.82, 2.24) is 0 Å². The summed E-state index contributed by atoms with van der Waals surface area (Å²) in [6.45, 7) is 6.76. The number of carbonyl (C=O) groups is 1. The van der Waals surface area contributed by atoms with Crippen LogP contribution < -0.4 is 0 Å². The Kier molecular flexibility index (Phi) is 3.27. The molecular formula is C9H18O3. The second kappa shape index (κ2) is 3.44. The molecule has 0 saturated carbocycles. The predicted octanol–water partition coefficient (Wildman–Crippen LogP) is 1.65. The molecule has 12 heavy (non-hydrogen) atoms. The Labute approximate surface area is 73.4 Å². The Balaban J connectivity index is 4.34. The first-order valence-electron chi connectivity index (χ1n) is 4.17. The van der Waals surface area contributed by atoms with Crippen molar-refractivity contribution in [3.8, 4) is 0 Å². The van der Waals surface area contributed by atoms with Gasteiger partial charge in [-0.2, -0.15) is 0 Å². The summed E-state index contributed by atoms with van der Waals surface area (Å²) in [5.41, 5.74) is -1.72. The summed E-state index contributed by atoms with van der Waals surface area (Å²) in [6, 6.07) is 0. The van der Waals surface area contributed by atoms with E-state index in [9.17, 15) is 9.90 Å². The lowest BCUT2D eigenvalue weighted by molar-refractivity contribution is -0.150. The minimum atomic E-state index is -0.873. The van der Waals surface area contributed by atoms with Crippen molar-refractivity contribution in [3.63, 3.8) is 0 Å². The molecule has 0 aliphatic carbocycles. The van der Waals surface area contributed by atoms with Crippen LogP contribution in [0.3, 0.4) is 0 Å². The van der Waals surface area contributed by atoms with E-state index in [4.69, 9.17) is 5.11 Å². The van der Waals surface area contributed by atoms with Crippen LogP contribution in [0.1, 0.15) is 40.5 Å². The van der Waals surface area contributed by atoms with Crippen molar-refractivity contribution in [2.75, 3.05) is 0 Å². The molecule has 3 heteroatoms. The summed E-state index contributed by atoms with van der Waals surface area (Å²) < 4.78 is 0. The maximum Gasteiger partial charge on any atom is 0.309 e. The molecule has 0 radical (unpaired) electrons. The Morgan fingerprint density at radius 3 is 2.00 bits per heavy atom. The molecule has 0 amide bonds. The van der Waals surface area contributed by atoms with Crippen LogP contribution in [0.5, 0.6) is 0 Å². The van der Waals surface area contributed by atoms with Crippen LogP contribution in [-0.2, 0) is 4.79 Å². The van der Waals surface area contributed by atoms with E-state index >= 15 is 0 Å². The van der Waals surface area contributed by atoms with Gasteiger partial charge >= 0.3 is 5.97 Å². The van der Waals surface area contributed by atoms with Crippen LogP contribution in [-0.4, -0.2) is 21.8 Å².